The van der Waals surface area contributed by atoms with E-state index >= 15 is 0 Å². The molecule has 25 heavy (non-hydrogen) atoms. The first-order valence-electron chi connectivity index (χ1n) is 9.00. The van der Waals surface area contributed by atoms with Crippen LogP contribution in [0.1, 0.15) is 49.9 Å². The summed E-state index contributed by atoms with van der Waals surface area (Å²) in [6.45, 7) is 4.39. The van der Waals surface area contributed by atoms with E-state index in [-0.39, 0.29) is 30.8 Å². The maximum Gasteiger partial charge on any atom is 0.314 e. The van der Waals surface area contributed by atoms with Gasteiger partial charge in [0.25, 0.3) is 5.91 Å². The van der Waals surface area contributed by atoms with Crippen molar-refractivity contribution in [2.75, 3.05) is 13.4 Å². The second kappa shape index (κ2) is 5.93. The number of fused-ring (bicyclic) bond motifs is 3. The number of carbonyl (C=O) groups is 2. The molecule has 0 unspecified atom stereocenters. The summed E-state index contributed by atoms with van der Waals surface area (Å²) in [5.41, 5.74) is 0.0159. The second-order valence-corrected chi connectivity index (χ2v) is 6.96. The van der Waals surface area contributed by atoms with E-state index in [1.54, 1.807) is 18.2 Å². The molecule has 0 aromatic heterocycles. The van der Waals surface area contributed by atoms with Crippen LogP contribution in [0.3, 0.4) is 0 Å². The number of ether oxygens (including phenoxy) is 3. The molecule has 0 aliphatic carbocycles. The highest BCUT2D eigenvalue weighted by molar-refractivity contribution is 5.96. The van der Waals surface area contributed by atoms with Gasteiger partial charge in [0.2, 0.25) is 6.79 Å². The molecule has 3 atom stereocenters. The summed E-state index contributed by atoms with van der Waals surface area (Å²) in [5, 5.41) is 0. The molecule has 0 spiro atoms. The Morgan fingerprint density at radius 2 is 2.04 bits per heavy atom. The minimum absolute atomic E-state index is 0.0366. The van der Waals surface area contributed by atoms with Gasteiger partial charge in [-0.3, -0.25) is 9.59 Å². The van der Waals surface area contributed by atoms with E-state index in [4.69, 9.17) is 14.2 Å². The summed E-state index contributed by atoms with van der Waals surface area (Å²) in [4.78, 5) is 27.7. The van der Waals surface area contributed by atoms with Crippen LogP contribution in [0, 0.1) is 5.41 Å². The number of hydrogen-bond donors (Lipinski definition) is 0. The van der Waals surface area contributed by atoms with Crippen molar-refractivity contribution in [3.05, 3.63) is 23.8 Å². The van der Waals surface area contributed by atoms with Crippen LogP contribution in [0.4, 0.5) is 0 Å². The van der Waals surface area contributed by atoms with Crippen LogP contribution in [-0.2, 0) is 9.53 Å². The number of nitrogens with zero attached hydrogens (tertiary/aromatic N) is 1. The third kappa shape index (κ3) is 2.30. The lowest BCUT2D eigenvalue weighted by Crippen LogP contribution is -2.45. The summed E-state index contributed by atoms with van der Waals surface area (Å²) in [6, 6.07) is 5.30. The molecule has 1 aromatic carbocycles. The van der Waals surface area contributed by atoms with Gasteiger partial charge < -0.3 is 19.1 Å². The van der Waals surface area contributed by atoms with Crippen molar-refractivity contribution in [3.8, 4) is 11.5 Å². The van der Waals surface area contributed by atoms with E-state index in [1.165, 1.54) is 0 Å². The molecule has 0 N–H and O–H groups in total. The van der Waals surface area contributed by atoms with Gasteiger partial charge in [-0.25, -0.2) is 0 Å². The van der Waals surface area contributed by atoms with Gasteiger partial charge in [0.15, 0.2) is 11.5 Å². The number of carbonyl (C=O) groups excluding carboxylic acids is 2. The molecule has 4 rings (SSSR count). The molecule has 2 bridgehead atoms. The van der Waals surface area contributed by atoms with E-state index in [1.807, 2.05) is 18.7 Å². The molecule has 3 aliphatic rings. The molecule has 2 fully saturated rings. The summed E-state index contributed by atoms with van der Waals surface area (Å²) in [6.07, 6.45) is 3.19. The zero-order valence-electron chi connectivity index (χ0n) is 14.6. The number of benzene rings is 1. The Morgan fingerprint density at radius 3 is 2.80 bits per heavy atom. The summed E-state index contributed by atoms with van der Waals surface area (Å²) in [5.74, 6) is 1.07. The summed E-state index contributed by atoms with van der Waals surface area (Å²) < 4.78 is 16.1. The highest BCUT2D eigenvalue weighted by Crippen LogP contribution is 2.53. The summed E-state index contributed by atoms with van der Waals surface area (Å²) >= 11 is 0. The largest absolute Gasteiger partial charge is 0.466 e. The van der Waals surface area contributed by atoms with Crippen LogP contribution in [-0.4, -0.2) is 42.3 Å². The molecule has 6 nitrogen and oxygen atoms in total. The minimum Gasteiger partial charge on any atom is -0.466 e. The van der Waals surface area contributed by atoms with Crippen molar-refractivity contribution < 1.29 is 23.8 Å². The van der Waals surface area contributed by atoms with Gasteiger partial charge in [-0.15, -0.1) is 0 Å². The molecule has 2 saturated heterocycles. The monoisotopic (exact) mass is 345 g/mol. The second-order valence-electron chi connectivity index (χ2n) is 6.96. The van der Waals surface area contributed by atoms with Crippen molar-refractivity contribution in [3.63, 3.8) is 0 Å². The van der Waals surface area contributed by atoms with E-state index in [0.717, 1.165) is 12.8 Å². The van der Waals surface area contributed by atoms with Crippen LogP contribution in [0.2, 0.25) is 0 Å². The first-order chi connectivity index (χ1) is 12.1. The lowest BCUT2D eigenvalue weighted by Gasteiger charge is -2.34. The van der Waals surface area contributed by atoms with Crippen LogP contribution in [0.25, 0.3) is 0 Å². The first kappa shape index (κ1) is 16.2. The molecule has 1 aromatic rings. The maximum absolute atomic E-state index is 13.2. The third-order valence-electron chi connectivity index (χ3n) is 5.91. The molecule has 3 heterocycles. The fourth-order valence-electron chi connectivity index (χ4n) is 4.69. The lowest BCUT2D eigenvalue weighted by molar-refractivity contribution is -0.157. The normalized spacial score (nSPS) is 29.1. The smallest absolute Gasteiger partial charge is 0.314 e. The molecular formula is C19H23NO5. The van der Waals surface area contributed by atoms with Crippen molar-refractivity contribution >= 4 is 11.9 Å². The zero-order chi connectivity index (χ0) is 17.6. The van der Waals surface area contributed by atoms with Gasteiger partial charge in [0.05, 0.1) is 12.0 Å². The van der Waals surface area contributed by atoms with Gasteiger partial charge >= 0.3 is 5.97 Å². The average Bonchev–Trinajstić information content (AvgIpc) is 3.33. The van der Waals surface area contributed by atoms with E-state index in [2.05, 4.69) is 0 Å². The maximum atomic E-state index is 13.2. The van der Waals surface area contributed by atoms with Crippen LogP contribution >= 0.6 is 0 Å². The van der Waals surface area contributed by atoms with Crippen molar-refractivity contribution in [2.45, 2.75) is 51.6 Å². The SMILES string of the molecule is CCOC(=O)[C@@]1(CC)C[C@H]2CC[C@@H]1N2C(=O)c1ccc2c(c1)OCO2. The Balaban J connectivity index is 1.63. The van der Waals surface area contributed by atoms with Crippen LogP contribution < -0.4 is 9.47 Å². The fourth-order valence-corrected chi connectivity index (χ4v) is 4.69. The van der Waals surface area contributed by atoms with Gasteiger partial charge in [-0.1, -0.05) is 6.92 Å². The predicted octanol–water partition coefficient (Wildman–Crippen LogP) is 2.75. The molecule has 134 valence electrons. The van der Waals surface area contributed by atoms with Gasteiger partial charge in [-0.05, 0) is 50.8 Å². The minimum atomic E-state index is -0.565. The number of esters is 1. The molecule has 1 amide bonds. The van der Waals surface area contributed by atoms with Crippen molar-refractivity contribution in [1.29, 1.82) is 0 Å². The molecule has 3 aliphatic heterocycles. The first-order valence-corrected chi connectivity index (χ1v) is 9.00. The van der Waals surface area contributed by atoms with Crippen LogP contribution in [0.15, 0.2) is 18.2 Å². The fraction of sp³-hybridized carbons (Fsp3) is 0.579. The number of hydrogen-bond acceptors (Lipinski definition) is 5. The van der Waals surface area contributed by atoms with E-state index in [0.29, 0.717) is 36.5 Å². The standard InChI is InChI=1S/C19H23NO5/c1-3-19(18(22)23-4-2)10-13-6-8-16(19)20(13)17(21)12-5-7-14-15(9-12)25-11-24-14/h5,7,9,13,16H,3-4,6,8,10-11H2,1-2H3/t13-,16+,19+/m1/s1. The Kier molecular flexibility index (Phi) is 3.85. The Labute approximate surface area is 147 Å². The molecule has 0 saturated carbocycles. The Hall–Kier alpha value is -2.24. The predicted molar refractivity (Wildman–Crippen MR) is 89.5 cm³/mol. The zero-order valence-corrected chi connectivity index (χ0v) is 14.6. The average molecular weight is 345 g/mol. The van der Waals surface area contributed by atoms with E-state index in [9.17, 15) is 9.59 Å². The number of rotatable bonds is 4. The van der Waals surface area contributed by atoms with Gasteiger partial charge in [-0.2, -0.15) is 0 Å². The highest BCUT2D eigenvalue weighted by atomic mass is 16.7. The molecule has 6 heteroatoms. The molecular weight excluding hydrogens is 322 g/mol. The highest BCUT2D eigenvalue weighted by Gasteiger charge is 2.61. The van der Waals surface area contributed by atoms with Gasteiger partial charge in [0.1, 0.15) is 0 Å². The van der Waals surface area contributed by atoms with E-state index < -0.39 is 5.41 Å². The Bertz CT molecular complexity index is 718. The Morgan fingerprint density at radius 1 is 1.24 bits per heavy atom. The van der Waals surface area contributed by atoms with Crippen molar-refractivity contribution in [2.24, 2.45) is 5.41 Å². The van der Waals surface area contributed by atoms with Gasteiger partial charge in [0, 0.05) is 17.6 Å². The lowest BCUT2D eigenvalue weighted by atomic mass is 9.72. The summed E-state index contributed by atoms with van der Waals surface area (Å²) in [7, 11) is 0. The third-order valence-corrected chi connectivity index (χ3v) is 5.91. The number of amides is 1. The topological polar surface area (TPSA) is 65.1 Å². The quantitative estimate of drug-likeness (QED) is 0.785. The van der Waals surface area contributed by atoms with Crippen LogP contribution in [0.5, 0.6) is 11.5 Å². The van der Waals surface area contributed by atoms with Crippen molar-refractivity contribution in [1.82, 2.24) is 4.90 Å². The molecule has 0 radical (unpaired) electrons.